The summed E-state index contributed by atoms with van der Waals surface area (Å²) in [6.07, 6.45) is 5.69. The molecule has 0 amide bonds. The molecule has 4 atom stereocenters. The zero-order valence-electron chi connectivity index (χ0n) is 24.8. The van der Waals surface area contributed by atoms with Gasteiger partial charge in [0.15, 0.2) is 5.96 Å². The largest absolute Gasteiger partial charge is 0.340 e. The highest BCUT2D eigenvalue weighted by molar-refractivity contribution is 6.35. The van der Waals surface area contributed by atoms with Gasteiger partial charge in [-0.2, -0.15) is 0 Å². The molecule has 7 nitrogen and oxygen atoms in total. The number of nitrogens with one attached hydrogen (secondary N) is 2. The van der Waals surface area contributed by atoms with Gasteiger partial charge in [0.1, 0.15) is 0 Å². The van der Waals surface area contributed by atoms with Crippen molar-refractivity contribution in [1.29, 1.82) is 0 Å². The van der Waals surface area contributed by atoms with Gasteiger partial charge in [-0.1, -0.05) is 50.0 Å². The van der Waals surface area contributed by atoms with E-state index in [4.69, 9.17) is 28.2 Å². The van der Waals surface area contributed by atoms with Gasteiger partial charge in [-0.25, -0.2) is 9.98 Å². The van der Waals surface area contributed by atoms with Gasteiger partial charge in [0.2, 0.25) is 0 Å². The molecular formula is C32H42Cl2N6O. The average Bonchev–Trinajstić information content (AvgIpc) is 2.89. The molecule has 41 heavy (non-hydrogen) atoms. The van der Waals surface area contributed by atoms with Crippen molar-refractivity contribution in [3.63, 3.8) is 0 Å². The minimum absolute atomic E-state index is 0.0658. The normalized spacial score (nSPS) is 25.0. The molecule has 1 aromatic heterocycles. The second kappa shape index (κ2) is 12.3. The number of hydrogen-bond acceptors (Lipinski definition) is 4. The van der Waals surface area contributed by atoms with Gasteiger partial charge in [0.05, 0.1) is 23.3 Å². The summed E-state index contributed by atoms with van der Waals surface area (Å²) in [5, 5.41) is 9.05. The van der Waals surface area contributed by atoms with E-state index in [0.29, 0.717) is 57.3 Å². The summed E-state index contributed by atoms with van der Waals surface area (Å²) in [6, 6.07) is 12.2. The molecular weight excluding hydrogens is 555 g/mol. The Labute approximate surface area is 253 Å². The van der Waals surface area contributed by atoms with Crippen molar-refractivity contribution in [2.24, 2.45) is 16.3 Å². The number of aromatic nitrogens is 2. The molecule has 0 radical (unpaired) electrons. The highest BCUT2D eigenvalue weighted by Gasteiger charge is 2.33. The summed E-state index contributed by atoms with van der Waals surface area (Å²) < 4.78 is 1.64. The van der Waals surface area contributed by atoms with Crippen LogP contribution < -0.4 is 16.2 Å². The van der Waals surface area contributed by atoms with Crippen molar-refractivity contribution in [3.8, 4) is 0 Å². The number of benzene rings is 2. The van der Waals surface area contributed by atoms with Crippen LogP contribution in [0.5, 0.6) is 0 Å². The standard InChI is InChI=1S/C32H42Cl2N6O/c1-20-16-32(4,5)12-10-28(20)38-31(40-17-21(2)36-22(3)18-40)37-25-8-9-26-29(15-25)35-19-39(30(26)41)13-11-23-6-7-24(33)14-27(23)34/h6-9,14-15,19-22,28,36H,10-13,16-18H2,1-5H3,(H,37,38)/t20-,21-,22+,28?/m0/s1. The van der Waals surface area contributed by atoms with E-state index in [1.807, 2.05) is 30.3 Å². The first-order valence-corrected chi connectivity index (χ1v) is 15.5. The van der Waals surface area contributed by atoms with E-state index < -0.39 is 0 Å². The number of rotatable bonds is 5. The van der Waals surface area contributed by atoms with Crippen LogP contribution in [0.3, 0.4) is 0 Å². The number of hydrogen-bond donors (Lipinski definition) is 2. The van der Waals surface area contributed by atoms with E-state index in [9.17, 15) is 4.79 Å². The van der Waals surface area contributed by atoms with E-state index in [1.165, 1.54) is 12.8 Å². The first-order valence-electron chi connectivity index (χ1n) is 14.8. The maximum atomic E-state index is 13.3. The quantitative estimate of drug-likeness (QED) is 0.256. The Hall–Kier alpha value is -2.61. The van der Waals surface area contributed by atoms with Gasteiger partial charge in [-0.15, -0.1) is 0 Å². The lowest BCUT2D eigenvalue weighted by atomic mass is 9.71. The Morgan fingerprint density at radius 3 is 2.59 bits per heavy atom. The lowest BCUT2D eigenvalue weighted by Crippen LogP contribution is -2.57. The molecule has 0 spiro atoms. The fourth-order valence-electron chi connectivity index (χ4n) is 6.46. The first-order chi connectivity index (χ1) is 19.5. The number of aryl methyl sites for hydroxylation is 2. The molecule has 2 N–H and O–H groups in total. The highest BCUT2D eigenvalue weighted by Crippen LogP contribution is 2.40. The summed E-state index contributed by atoms with van der Waals surface area (Å²) in [5.41, 5.74) is 2.80. The van der Waals surface area contributed by atoms with E-state index in [0.717, 1.165) is 36.7 Å². The first kappa shape index (κ1) is 29.9. The maximum absolute atomic E-state index is 13.3. The molecule has 1 aliphatic carbocycles. The third-order valence-corrected chi connectivity index (χ3v) is 9.10. The Morgan fingerprint density at radius 1 is 1.12 bits per heavy atom. The maximum Gasteiger partial charge on any atom is 0.261 e. The van der Waals surface area contributed by atoms with Crippen LogP contribution in [0, 0.1) is 11.3 Å². The molecule has 2 heterocycles. The zero-order chi connectivity index (χ0) is 29.3. The van der Waals surface area contributed by atoms with Crippen LogP contribution in [0.15, 0.2) is 52.5 Å². The number of halogens is 2. The second-order valence-corrected chi connectivity index (χ2v) is 13.7. The Bertz CT molecular complexity index is 1470. The van der Waals surface area contributed by atoms with Crippen LogP contribution in [0.25, 0.3) is 10.9 Å². The number of nitrogens with zero attached hydrogens (tertiary/aromatic N) is 4. The van der Waals surface area contributed by atoms with Gasteiger partial charge in [0.25, 0.3) is 5.56 Å². The van der Waals surface area contributed by atoms with Crippen molar-refractivity contribution in [1.82, 2.24) is 19.8 Å². The van der Waals surface area contributed by atoms with Gasteiger partial charge in [0, 0.05) is 47.5 Å². The minimum Gasteiger partial charge on any atom is -0.340 e. The number of piperazine rings is 1. The van der Waals surface area contributed by atoms with Crippen molar-refractivity contribution < 1.29 is 0 Å². The van der Waals surface area contributed by atoms with E-state index in [1.54, 1.807) is 17.0 Å². The molecule has 2 aromatic carbocycles. The number of fused-ring (bicyclic) bond motifs is 1. The molecule has 220 valence electrons. The van der Waals surface area contributed by atoms with Crippen molar-refractivity contribution in [2.45, 2.75) is 85.0 Å². The number of anilines is 1. The third-order valence-electron chi connectivity index (χ3n) is 8.51. The lowest BCUT2D eigenvalue weighted by molar-refractivity contribution is 0.168. The van der Waals surface area contributed by atoms with E-state index >= 15 is 0 Å². The van der Waals surface area contributed by atoms with E-state index in [-0.39, 0.29) is 11.6 Å². The second-order valence-electron chi connectivity index (χ2n) is 12.9. The zero-order valence-corrected chi connectivity index (χ0v) is 26.3. The predicted octanol–water partition coefficient (Wildman–Crippen LogP) is 6.61. The fraction of sp³-hybridized carbons (Fsp3) is 0.531. The lowest BCUT2D eigenvalue weighted by Gasteiger charge is -2.41. The summed E-state index contributed by atoms with van der Waals surface area (Å²) in [7, 11) is 0. The molecule has 1 aliphatic heterocycles. The molecule has 3 aromatic rings. The summed E-state index contributed by atoms with van der Waals surface area (Å²) in [5.74, 6) is 1.43. The van der Waals surface area contributed by atoms with Crippen molar-refractivity contribution in [2.75, 3.05) is 18.4 Å². The predicted molar refractivity (Wildman–Crippen MR) is 171 cm³/mol. The van der Waals surface area contributed by atoms with Crippen LogP contribution in [0.2, 0.25) is 10.0 Å². The van der Waals surface area contributed by atoms with E-state index in [2.05, 4.69) is 55.1 Å². The minimum atomic E-state index is -0.0658. The van der Waals surface area contributed by atoms with Gasteiger partial charge >= 0.3 is 0 Å². The van der Waals surface area contributed by atoms with Crippen LogP contribution in [-0.4, -0.2) is 51.6 Å². The van der Waals surface area contributed by atoms with Crippen molar-refractivity contribution >= 4 is 45.8 Å². The molecule has 9 heteroatoms. The van der Waals surface area contributed by atoms with Crippen molar-refractivity contribution in [3.05, 3.63) is 68.7 Å². The fourth-order valence-corrected chi connectivity index (χ4v) is 6.97. The molecule has 2 fully saturated rings. The SMILES string of the molecule is C[C@@H]1CN(C(=NC2CCC(C)(C)C[C@@H]2C)Nc2ccc3c(=O)n(CCc4ccc(Cl)cc4Cl)cnc3c2)C[C@H](C)N1. The Balaban J connectivity index is 1.38. The van der Waals surface area contributed by atoms with Gasteiger partial charge < -0.3 is 15.5 Å². The molecule has 1 saturated heterocycles. The molecule has 1 saturated carbocycles. The number of aliphatic imine (C=N–C) groups is 1. The van der Waals surface area contributed by atoms with Crippen LogP contribution in [-0.2, 0) is 13.0 Å². The van der Waals surface area contributed by atoms with Crippen LogP contribution in [0.1, 0.15) is 59.4 Å². The Morgan fingerprint density at radius 2 is 1.88 bits per heavy atom. The Kier molecular flexibility index (Phi) is 8.98. The average molecular weight is 598 g/mol. The molecule has 2 aliphatic rings. The van der Waals surface area contributed by atoms with Crippen LogP contribution in [0.4, 0.5) is 5.69 Å². The highest BCUT2D eigenvalue weighted by atomic mass is 35.5. The smallest absolute Gasteiger partial charge is 0.261 e. The molecule has 1 unspecified atom stereocenters. The summed E-state index contributed by atoms with van der Waals surface area (Å²) >= 11 is 12.4. The molecule has 5 rings (SSSR count). The number of guanidine groups is 1. The van der Waals surface area contributed by atoms with Gasteiger partial charge in [-0.3, -0.25) is 9.36 Å². The summed E-state index contributed by atoms with van der Waals surface area (Å²) in [6.45, 7) is 13.8. The van der Waals surface area contributed by atoms with Gasteiger partial charge in [-0.05, 0) is 86.8 Å². The monoisotopic (exact) mass is 596 g/mol. The molecule has 0 bridgehead atoms. The topological polar surface area (TPSA) is 74.5 Å². The van der Waals surface area contributed by atoms with Crippen LogP contribution >= 0.6 is 23.2 Å². The third kappa shape index (κ3) is 7.25. The summed E-state index contributed by atoms with van der Waals surface area (Å²) in [4.78, 5) is 25.7.